The van der Waals surface area contributed by atoms with Gasteiger partial charge in [0.2, 0.25) is 0 Å². The highest BCUT2D eigenvalue weighted by molar-refractivity contribution is 7.12. The van der Waals surface area contributed by atoms with Gasteiger partial charge in [-0.3, -0.25) is 4.79 Å². The number of hydrogen-bond acceptors (Lipinski definition) is 3. The van der Waals surface area contributed by atoms with Crippen molar-refractivity contribution in [2.45, 2.75) is 0 Å². The Labute approximate surface area is 95.7 Å². The number of nitrogen functional groups attached to an aromatic ring is 1. The number of anilines is 2. The molecule has 0 aliphatic carbocycles. The summed E-state index contributed by atoms with van der Waals surface area (Å²) in [7, 11) is 0. The molecule has 2 rings (SSSR count). The highest BCUT2D eigenvalue weighted by Crippen LogP contribution is 2.20. The number of nitrogens with two attached hydrogens (primary N) is 1. The minimum Gasteiger partial charge on any atom is -0.397 e. The van der Waals surface area contributed by atoms with Gasteiger partial charge in [-0.1, -0.05) is 6.07 Å². The van der Waals surface area contributed by atoms with E-state index in [1.807, 2.05) is 0 Å². The van der Waals surface area contributed by atoms with E-state index < -0.39 is 5.82 Å². The molecule has 0 aliphatic heterocycles. The SMILES string of the molecule is Nc1ccsc1C(=O)Nc1cccc(F)c1. The summed E-state index contributed by atoms with van der Waals surface area (Å²) in [5, 5.41) is 4.31. The van der Waals surface area contributed by atoms with Crippen molar-refractivity contribution >= 4 is 28.6 Å². The van der Waals surface area contributed by atoms with Crippen LogP contribution in [0.4, 0.5) is 15.8 Å². The number of benzene rings is 1. The van der Waals surface area contributed by atoms with Crippen LogP contribution < -0.4 is 11.1 Å². The van der Waals surface area contributed by atoms with Crippen molar-refractivity contribution in [1.82, 2.24) is 0 Å². The quantitative estimate of drug-likeness (QED) is 0.842. The minimum absolute atomic E-state index is 0.321. The van der Waals surface area contributed by atoms with Crippen LogP contribution >= 0.6 is 11.3 Å². The minimum atomic E-state index is -0.392. The normalized spacial score (nSPS) is 10.1. The first-order chi connectivity index (χ1) is 7.66. The molecular weight excluding hydrogens is 227 g/mol. The molecule has 0 atom stereocenters. The molecule has 1 heterocycles. The number of halogens is 1. The van der Waals surface area contributed by atoms with Gasteiger partial charge in [0.1, 0.15) is 10.7 Å². The van der Waals surface area contributed by atoms with Crippen LogP contribution in [0.5, 0.6) is 0 Å². The van der Waals surface area contributed by atoms with Gasteiger partial charge in [-0.2, -0.15) is 0 Å². The zero-order chi connectivity index (χ0) is 11.5. The van der Waals surface area contributed by atoms with E-state index in [2.05, 4.69) is 5.32 Å². The number of thiophene rings is 1. The molecule has 3 N–H and O–H groups in total. The highest BCUT2D eigenvalue weighted by Gasteiger charge is 2.11. The number of carbonyl (C=O) groups is 1. The van der Waals surface area contributed by atoms with Crippen molar-refractivity contribution in [1.29, 1.82) is 0 Å². The maximum absolute atomic E-state index is 12.9. The van der Waals surface area contributed by atoms with Crippen molar-refractivity contribution in [2.75, 3.05) is 11.1 Å². The molecule has 3 nitrogen and oxygen atoms in total. The first kappa shape index (κ1) is 10.6. The third-order valence-electron chi connectivity index (χ3n) is 1.98. The summed E-state index contributed by atoms with van der Waals surface area (Å²) in [6, 6.07) is 7.37. The summed E-state index contributed by atoms with van der Waals surface area (Å²) < 4.78 is 12.9. The summed E-state index contributed by atoms with van der Waals surface area (Å²) in [6.45, 7) is 0. The molecule has 0 spiro atoms. The third kappa shape index (κ3) is 2.20. The van der Waals surface area contributed by atoms with Crippen molar-refractivity contribution in [3.8, 4) is 0 Å². The molecule has 0 radical (unpaired) electrons. The van der Waals surface area contributed by atoms with Gasteiger partial charge in [-0.25, -0.2) is 4.39 Å². The van der Waals surface area contributed by atoms with E-state index in [4.69, 9.17) is 5.73 Å². The largest absolute Gasteiger partial charge is 0.397 e. The van der Waals surface area contributed by atoms with E-state index in [1.54, 1.807) is 17.5 Å². The van der Waals surface area contributed by atoms with Crippen LogP contribution in [-0.2, 0) is 0 Å². The van der Waals surface area contributed by atoms with Crippen molar-refractivity contribution in [3.63, 3.8) is 0 Å². The van der Waals surface area contributed by atoms with Crippen molar-refractivity contribution in [2.24, 2.45) is 0 Å². The zero-order valence-electron chi connectivity index (χ0n) is 8.24. The summed E-state index contributed by atoms with van der Waals surface area (Å²) in [5.41, 5.74) is 6.44. The Hall–Kier alpha value is -1.88. The lowest BCUT2D eigenvalue weighted by Gasteiger charge is -2.03. The van der Waals surface area contributed by atoms with E-state index in [-0.39, 0.29) is 5.91 Å². The number of hydrogen-bond donors (Lipinski definition) is 2. The Morgan fingerprint density at radius 3 is 2.81 bits per heavy atom. The average molecular weight is 236 g/mol. The molecule has 2 aromatic rings. The molecule has 0 unspecified atom stereocenters. The summed E-state index contributed by atoms with van der Waals surface area (Å²) >= 11 is 1.25. The molecule has 1 amide bonds. The van der Waals surface area contributed by atoms with Crippen LogP contribution in [0.25, 0.3) is 0 Å². The molecule has 0 saturated heterocycles. The number of nitrogens with one attached hydrogen (secondary N) is 1. The van der Waals surface area contributed by atoms with Gasteiger partial charge in [0.05, 0.1) is 5.69 Å². The van der Waals surface area contributed by atoms with E-state index in [0.29, 0.717) is 16.3 Å². The Balaban J connectivity index is 2.17. The molecule has 1 aromatic carbocycles. The number of carbonyl (C=O) groups excluding carboxylic acids is 1. The fourth-order valence-corrected chi connectivity index (χ4v) is 1.97. The lowest BCUT2D eigenvalue weighted by atomic mass is 10.3. The van der Waals surface area contributed by atoms with Crippen LogP contribution in [-0.4, -0.2) is 5.91 Å². The topological polar surface area (TPSA) is 55.1 Å². The van der Waals surface area contributed by atoms with Crippen molar-refractivity contribution in [3.05, 3.63) is 46.4 Å². The van der Waals surface area contributed by atoms with Crippen LogP contribution in [0.1, 0.15) is 9.67 Å². The highest BCUT2D eigenvalue weighted by atomic mass is 32.1. The lowest BCUT2D eigenvalue weighted by molar-refractivity contribution is 0.103. The van der Waals surface area contributed by atoms with Crippen LogP contribution in [0.3, 0.4) is 0 Å². The molecule has 0 bridgehead atoms. The maximum atomic E-state index is 12.9. The van der Waals surface area contributed by atoms with E-state index in [9.17, 15) is 9.18 Å². The van der Waals surface area contributed by atoms with Crippen LogP contribution in [0.2, 0.25) is 0 Å². The van der Waals surface area contributed by atoms with Crippen LogP contribution in [0, 0.1) is 5.82 Å². The van der Waals surface area contributed by atoms with E-state index in [1.165, 1.54) is 29.5 Å². The van der Waals surface area contributed by atoms with Gasteiger partial charge < -0.3 is 11.1 Å². The molecular formula is C11H9FN2OS. The second kappa shape index (κ2) is 4.32. The van der Waals surface area contributed by atoms with Gasteiger partial charge in [0.25, 0.3) is 5.91 Å². The Kier molecular flexibility index (Phi) is 2.87. The molecule has 0 fully saturated rings. The van der Waals surface area contributed by atoms with Gasteiger partial charge in [0.15, 0.2) is 0 Å². The summed E-state index contributed by atoms with van der Waals surface area (Å²) in [5.74, 6) is -0.713. The standard InChI is InChI=1S/C11H9FN2OS/c12-7-2-1-3-8(6-7)14-11(15)10-9(13)4-5-16-10/h1-6H,13H2,(H,14,15). The first-order valence-electron chi connectivity index (χ1n) is 4.56. The molecule has 82 valence electrons. The molecule has 16 heavy (non-hydrogen) atoms. The molecule has 0 saturated carbocycles. The fraction of sp³-hybridized carbons (Fsp3) is 0. The van der Waals surface area contributed by atoms with Gasteiger partial charge in [-0.05, 0) is 29.6 Å². The lowest BCUT2D eigenvalue weighted by Crippen LogP contribution is -2.11. The number of amides is 1. The second-order valence-corrected chi connectivity index (χ2v) is 4.09. The molecule has 5 heteroatoms. The number of rotatable bonds is 2. The van der Waals surface area contributed by atoms with E-state index in [0.717, 1.165) is 0 Å². The predicted molar refractivity (Wildman–Crippen MR) is 63.1 cm³/mol. The Morgan fingerprint density at radius 1 is 1.38 bits per heavy atom. The van der Waals surface area contributed by atoms with E-state index >= 15 is 0 Å². The van der Waals surface area contributed by atoms with Crippen molar-refractivity contribution < 1.29 is 9.18 Å². The van der Waals surface area contributed by atoms with Gasteiger partial charge >= 0.3 is 0 Å². The average Bonchev–Trinajstić information content (AvgIpc) is 2.64. The van der Waals surface area contributed by atoms with Gasteiger partial charge in [-0.15, -0.1) is 11.3 Å². The monoisotopic (exact) mass is 236 g/mol. The predicted octanol–water partition coefficient (Wildman–Crippen LogP) is 2.72. The fourth-order valence-electron chi connectivity index (χ4n) is 1.26. The Bertz CT molecular complexity index is 524. The third-order valence-corrected chi connectivity index (χ3v) is 2.91. The summed E-state index contributed by atoms with van der Waals surface area (Å²) in [4.78, 5) is 12.1. The zero-order valence-corrected chi connectivity index (χ0v) is 9.05. The Morgan fingerprint density at radius 2 is 2.19 bits per heavy atom. The first-order valence-corrected chi connectivity index (χ1v) is 5.44. The molecule has 0 aliphatic rings. The van der Waals surface area contributed by atoms with Gasteiger partial charge in [0, 0.05) is 5.69 Å². The molecule has 1 aromatic heterocycles. The maximum Gasteiger partial charge on any atom is 0.267 e. The van der Waals surface area contributed by atoms with Crippen LogP contribution in [0.15, 0.2) is 35.7 Å². The second-order valence-electron chi connectivity index (χ2n) is 3.17. The smallest absolute Gasteiger partial charge is 0.267 e. The summed E-state index contributed by atoms with van der Waals surface area (Å²) in [6.07, 6.45) is 0.